The molecule has 11 heteroatoms. The molecule has 1 atom stereocenters. The molecule has 7 rings (SSSR count). The second kappa shape index (κ2) is 13.1. The summed E-state index contributed by atoms with van der Waals surface area (Å²) in [6.07, 6.45) is 8.68. The van der Waals surface area contributed by atoms with Gasteiger partial charge in [-0.25, -0.2) is 14.4 Å². The van der Waals surface area contributed by atoms with Gasteiger partial charge in [0.1, 0.15) is 5.82 Å². The lowest BCUT2D eigenvalue weighted by Crippen LogP contribution is -2.45. The fraction of sp³-hybridized carbons (Fsp3) is 0.297. The highest BCUT2D eigenvalue weighted by molar-refractivity contribution is 6.00. The van der Waals surface area contributed by atoms with Gasteiger partial charge >= 0.3 is 0 Å². The molecule has 0 unspecified atom stereocenters. The summed E-state index contributed by atoms with van der Waals surface area (Å²) in [7, 11) is 0. The number of halogens is 1. The molecule has 2 N–H and O–H groups in total. The molecule has 3 aromatic heterocycles. The highest BCUT2D eigenvalue weighted by atomic mass is 19.1. The summed E-state index contributed by atoms with van der Waals surface area (Å²) in [5, 5.41) is 11.5. The summed E-state index contributed by atoms with van der Waals surface area (Å²) in [5.74, 6) is 0.405. The molecule has 5 heterocycles. The number of pyridine rings is 1. The number of rotatable bonds is 8. The van der Waals surface area contributed by atoms with Crippen molar-refractivity contribution in [2.45, 2.75) is 26.7 Å². The monoisotopic (exact) mass is 644 g/mol. The van der Waals surface area contributed by atoms with Crippen LogP contribution in [0.2, 0.25) is 0 Å². The normalized spacial score (nSPS) is 18.3. The zero-order chi connectivity index (χ0) is 33.3. The Morgan fingerprint density at radius 1 is 1.00 bits per heavy atom. The van der Waals surface area contributed by atoms with Crippen molar-refractivity contribution in [3.8, 4) is 22.6 Å². The Bertz CT molecular complexity index is 1970. The van der Waals surface area contributed by atoms with E-state index in [4.69, 9.17) is 0 Å². The number of benzene rings is 2. The van der Waals surface area contributed by atoms with Gasteiger partial charge in [0.25, 0.3) is 0 Å². The van der Waals surface area contributed by atoms with Crippen LogP contribution in [0.25, 0.3) is 39.1 Å². The van der Waals surface area contributed by atoms with Crippen LogP contribution in [0.1, 0.15) is 32.4 Å². The second-order valence-corrected chi connectivity index (χ2v) is 12.9. The smallest absolute Gasteiger partial charge is 0.237 e. The molecule has 2 aliphatic rings. The van der Waals surface area contributed by atoms with Gasteiger partial charge in [0, 0.05) is 60.4 Å². The molecular formula is C37H37FN8O2. The molecule has 0 spiro atoms. The molecule has 1 fully saturated rings. The maximum Gasteiger partial charge on any atom is 0.237 e. The molecule has 244 valence electrons. The van der Waals surface area contributed by atoms with Gasteiger partial charge in [-0.2, -0.15) is 5.10 Å². The Hall–Kier alpha value is -5.29. The molecule has 1 saturated heterocycles. The van der Waals surface area contributed by atoms with Crippen molar-refractivity contribution in [3.63, 3.8) is 0 Å². The van der Waals surface area contributed by atoms with Gasteiger partial charge in [-0.15, -0.1) is 0 Å². The standard InChI is InChI=1S/C37H37FN8O2/c1-24(2)37(36(48)42-29-9-11-32-30(20-29)34(44-43-32)26-4-7-28(38)8-5-26)14-19-45(23-37)22-33(47)46-17-12-25(13-18-46)31-10-6-27(21-41-31)35-39-15-3-16-40-35/h3-12,15-16,20-21,24H,13-14,17-19,22-23H2,1-2H3,(H,42,48)(H,43,44)/t37-/m1/s1. The van der Waals surface area contributed by atoms with Crippen LogP contribution >= 0.6 is 0 Å². The lowest BCUT2D eigenvalue weighted by atomic mass is 9.75. The van der Waals surface area contributed by atoms with E-state index < -0.39 is 5.41 Å². The van der Waals surface area contributed by atoms with E-state index in [1.807, 2.05) is 35.2 Å². The number of carbonyl (C=O) groups excluding carboxylic acids is 2. The molecule has 2 amide bonds. The Morgan fingerprint density at radius 2 is 1.79 bits per heavy atom. The van der Waals surface area contributed by atoms with E-state index in [1.165, 1.54) is 12.1 Å². The highest BCUT2D eigenvalue weighted by Crippen LogP contribution is 2.39. The van der Waals surface area contributed by atoms with Crippen LogP contribution in [0.3, 0.4) is 0 Å². The largest absolute Gasteiger partial charge is 0.338 e. The van der Waals surface area contributed by atoms with Crippen LogP contribution in [0, 0.1) is 17.2 Å². The Labute approximate surface area is 278 Å². The van der Waals surface area contributed by atoms with Crippen LogP contribution in [0.15, 0.2) is 85.3 Å². The van der Waals surface area contributed by atoms with Gasteiger partial charge in [0.2, 0.25) is 11.8 Å². The summed E-state index contributed by atoms with van der Waals surface area (Å²) >= 11 is 0. The molecule has 0 saturated carbocycles. The third kappa shape index (κ3) is 6.21. The van der Waals surface area contributed by atoms with Crippen molar-refractivity contribution in [1.29, 1.82) is 0 Å². The maximum absolute atomic E-state index is 13.9. The maximum atomic E-state index is 13.9. The van der Waals surface area contributed by atoms with Crippen molar-refractivity contribution in [2.75, 3.05) is 38.0 Å². The number of likely N-dealkylation sites (tertiary alicyclic amines) is 1. The first-order valence-corrected chi connectivity index (χ1v) is 16.3. The molecule has 5 aromatic rings. The van der Waals surface area contributed by atoms with Crippen LogP contribution in [0.5, 0.6) is 0 Å². The molecule has 10 nitrogen and oxygen atoms in total. The quantitative estimate of drug-likeness (QED) is 0.218. The number of aromatic nitrogens is 5. The number of anilines is 1. The van der Waals surface area contributed by atoms with E-state index in [2.05, 4.69) is 55.3 Å². The third-order valence-corrected chi connectivity index (χ3v) is 9.71. The first-order valence-electron chi connectivity index (χ1n) is 16.3. The third-order valence-electron chi connectivity index (χ3n) is 9.71. The predicted molar refractivity (Wildman–Crippen MR) is 183 cm³/mol. The molecule has 0 bridgehead atoms. The van der Waals surface area contributed by atoms with Crippen molar-refractivity contribution in [3.05, 3.63) is 96.8 Å². The van der Waals surface area contributed by atoms with Gasteiger partial charge in [-0.05, 0) is 91.5 Å². The van der Waals surface area contributed by atoms with Crippen LogP contribution in [-0.2, 0) is 9.59 Å². The fourth-order valence-corrected chi connectivity index (χ4v) is 6.73. The van der Waals surface area contributed by atoms with Crippen LogP contribution in [0.4, 0.5) is 10.1 Å². The lowest BCUT2D eigenvalue weighted by molar-refractivity contribution is -0.133. The summed E-state index contributed by atoms with van der Waals surface area (Å²) in [6.45, 7) is 6.74. The fourth-order valence-electron chi connectivity index (χ4n) is 6.73. The SMILES string of the molecule is CC(C)[C@@]1(C(=O)Nc2ccc3[nH]nc(-c4ccc(F)cc4)c3c2)CCN(CC(=O)N2CC=C(c3ccc(-c4ncccn4)cn3)CC2)C1. The number of carbonyl (C=O) groups is 2. The van der Waals surface area contributed by atoms with Gasteiger partial charge < -0.3 is 10.2 Å². The minimum atomic E-state index is -0.636. The predicted octanol–water partition coefficient (Wildman–Crippen LogP) is 5.82. The van der Waals surface area contributed by atoms with Crippen molar-refractivity contribution in [1.82, 2.24) is 34.9 Å². The molecule has 48 heavy (non-hydrogen) atoms. The van der Waals surface area contributed by atoms with Crippen molar-refractivity contribution in [2.24, 2.45) is 11.3 Å². The molecule has 2 aliphatic heterocycles. The van der Waals surface area contributed by atoms with Gasteiger partial charge in [0.15, 0.2) is 5.82 Å². The molecular weight excluding hydrogens is 607 g/mol. The first-order chi connectivity index (χ1) is 23.3. The van der Waals surface area contributed by atoms with E-state index in [9.17, 15) is 14.0 Å². The lowest BCUT2D eigenvalue weighted by Gasteiger charge is -2.33. The Morgan fingerprint density at radius 3 is 2.50 bits per heavy atom. The Kier molecular flexibility index (Phi) is 8.53. The van der Waals surface area contributed by atoms with Crippen molar-refractivity contribution >= 4 is 34.0 Å². The zero-order valence-corrected chi connectivity index (χ0v) is 27.0. The number of H-pyrrole nitrogens is 1. The van der Waals surface area contributed by atoms with Gasteiger partial charge in [-0.1, -0.05) is 19.9 Å². The Balaban J connectivity index is 0.979. The summed E-state index contributed by atoms with van der Waals surface area (Å²) in [5.41, 5.74) is 5.21. The molecule has 2 aromatic carbocycles. The number of hydrogen-bond acceptors (Lipinski definition) is 7. The number of nitrogens with zero attached hydrogens (tertiary/aromatic N) is 6. The number of nitrogens with one attached hydrogen (secondary N) is 2. The number of aromatic amines is 1. The van der Waals surface area contributed by atoms with Crippen LogP contribution in [-0.4, -0.2) is 79.5 Å². The van der Waals surface area contributed by atoms with E-state index in [0.29, 0.717) is 49.8 Å². The second-order valence-electron chi connectivity index (χ2n) is 12.9. The van der Waals surface area contributed by atoms with Gasteiger partial charge in [-0.3, -0.25) is 24.6 Å². The zero-order valence-electron chi connectivity index (χ0n) is 27.0. The average Bonchev–Trinajstić information content (AvgIpc) is 3.74. The summed E-state index contributed by atoms with van der Waals surface area (Å²) in [4.78, 5) is 44.5. The van der Waals surface area contributed by atoms with Crippen molar-refractivity contribution < 1.29 is 14.0 Å². The average molecular weight is 645 g/mol. The highest BCUT2D eigenvalue weighted by Gasteiger charge is 2.47. The number of fused-ring (bicyclic) bond motifs is 1. The minimum Gasteiger partial charge on any atom is -0.338 e. The molecule has 0 radical (unpaired) electrons. The first kappa shape index (κ1) is 31.3. The topological polar surface area (TPSA) is 120 Å². The van der Waals surface area contributed by atoms with E-state index >= 15 is 0 Å². The van der Waals surface area contributed by atoms with Crippen LogP contribution < -0.4 is 5.32 Å². The summed E-state index contributed by atoms with van der Waals surface area (Å²) < 4.78 is 13.5. The number of hydrogen-bond donors (Lipinski definition) is 2. The van der Waals surface area contributed by atoms with Gasteiger partial charge in [0.05, 0.1) is 28.9 Å². The van der Waals surface area contributed by atoms with E-state index in [0.717, 1.165) is 39.7 Å². The van der Waals surface area contributed by atoms with E-state index in [1.54, 1.807) is 36.8 Å². The minimum absolute atomic E-state index is 0.0541. The number of amides is 2. The molecule has 0 aliphatic carbocycles. The van der Waals surface area contributed by atoms with E-state index in [-0.39, 0.29) is 30.1 Å². The summed E-state index contributed by atoms with van der Waals surface area (Å²) in [6, 6.07) is 17.6.